The first-order valence-electron chi connectivity index (χ1n) is 9.49. The van der Waals surface area contributed by atoms with E-state index in [4.69, 9.17) is 16.3 Å². The molecule has 1 atom stereocenters. The Morgan fingerprint density at radius 3 is 2.17 bits per heavy atom. The lowest BCUT2D eigenvalue weighted by molar-refractivity contribution is -0.139. The van der Waals surface area contributed by atoms with E-state index >= 15 is 0 Å². The van der Waals surface area contributed by atoms with Gasteiger partial charge in [0.2, 0.25) is 11.8 Å². The van der Waals surface area contributed by atoms with Gasteiger partial charge in [0.15, 0.2) is 6.10 Å². The van der Waals surface area contributed by atoms with Gasteiger partial charge in [-0.2, -0.15) is 0 Å². The smallest absolute Gasteiger partial charge is 0.338 e. The zero-order valence-electron chi connectivity index (χ0n) is 16.4. The zero-order valence-corrected chi connectivity index (χ0v) is 17.1. The van der Waals surface area contributed by atoms with Crippen LogP contribution in [0.2, 0.25) is 5.02 Å². The molecule has 3 rings (SSSR count). The first kappa shape index (κ1) is 21.5. The summed E-state index contributed by atoms with van der Waals surface area (Å²) in [6, 6.07) is 13.4. The van der Waals surface area contributed by atoms with Crippen molar-refractivity contribution in [3.05, 3.63) is 70.2 Å². The van der Waals surface area contributed by atoms with E-state index in [0.717, 1.165) is 11.1 Å². The molecule has 3 amide bonds. The molecule has 7 nitrogen and oxygen atoms in total. The van der Waals surface area contributed by atoms with Crippen LogP contribution in [-0.4, -0.2) is 34.7 Å². The van der Waals surface area contributed by atoms with E-state index in [1.807, 2.05) is 0 Å². The molecule has 156 valence electrons. The second kappa shape index (κ2) is 9.54. The van der Waals surface area contributed by atoms with Crippen LogP contribution in [0.5, 0.6) is 0 Å². The zero-order chi connectivity index (χ0) is 21.7. The Kier molecular flexibility index (Phi) is 6.84. The summed E-state index contributed by atoms with van der Waals surface area (Å²) in [6.45, 7) is 1.96. The fourth-order valence-electron chi connectivity index (χ4n) is 2.95. The van der Waals surface area contributed by atoms with E-state index in [-0.39, 0.29) is 36.8 Å². The van der Waals surface area contributed by atoms with Gasteiger partial charge >= 0.3 is 5.97 Å². The summed E-state index contributed by atoms with van der Waals surface area (Å²) in [5, 5.41) is 3.31. The highest BCUT2D eigenvalue weighted by Crippen LogP contribution is 2.17. The molecule has 2 aromatic carbocycles. The topological polar surface area (TPSA) is 92.8 Å². The molecule has 0 bridgehead atoms. The minimum Gasteiger partial charge on any atom is -0.449 e. The maximum Gasteiger partial charge on any atom is 0.338 e. The minimum atomic E-state index is -0.968. The standard InChI is InChI=1S/C22H21ClN2O5/c1-14(21(28)24-12-15-4-8-18(23)9-5-15)30-22(29)17-6-2-16(3-7-17)13-25-19(26)10-11-20(25)27/h2-9,14H,10-13H2,1H3,(H,24,28)/t14-/m1/s1. The van der Waals surface area contributed by atoms with Crippen molar-refractivity contribution in [3.63, 3.8) is 0 Å². The lowest BCUT2D eigenvalue weighted by Crippen LogP contribution is -2.35. The fraction of sp³-hybridized carbons (Fsp3) is 0.273. The first-order chi connectivity index (χ1) is 14.3. The van der Waals surface area contributed by atoms with Crippen molar-refractivity contribution in [2.24, 2.45) is 0 Å². The van der Waals surface area contributed by atoms with Gasteiger partial charge in [0.1, 0.15) is 0 Å². The van der Waals surface area contributed by atoms with Crippen LogP contribution in [0.4, 0.5) is 0 Å². The van der Waals surface area contributed by atoms with E-state index < -0.39 is 18.0 Å². The predicted molar refractivity (Wildman–Crippen MR) is 109 cm³/mol. The number of nitrogens with one attached hydrogen (secondary N) is 1. The van der Waals surface area contributed by atoms with Gasteiger partial charge in [-0.1, -0.05) is 35.9 Å². The van der Waals surface area contributed by atoms with Gasteiger partial charge in [0, 0.05) is 24.4 Å². The number of likely N-dealkylation sites (tertiary alicyclic amines) is 1. The third-order valence-corrected chi connectivity index (χ3v) is 4.97. The Bertz CT molecular complexity index is 940. The van der Waals surface area contributed by atoms with E-state index in [9.17, 15) is 19.2 Å². The van der Waals surface area contributed by atoms with Crippen LogP contribution in [0.25, 0.3) is 0 Å². The normalized spacial score (nSPS) is 14.5. The van der Waals surface area contributed by atoms with Gasteiger partial charge in [0.25, 0.3) is 5.91 Å². The summed E-state index contributed by atoms with van der Waals surface area (Å²) in [5.41, 5.74) is 1.87. The highest BCUT2D eigenvalue weighted by atomic mass is 35.5. The maximum atomic E-state index is 12.3. The van der Waals surface area contributed by atoms with Crippen LogP contribution >= 0.6 is 11.6 Å². The number of imide groups is 1. The molecule has 1 aliphatic rings. The van der Waals surface area contributed by atoms with E-state index in [2.05, 4.69) is 5.32 Å². The lowest BCUT2D eigenvalue weighted by atomic mass is 10.1. The molecular weight excluding hydrogens is 408 g/mol. The molecular formula is C22H21ClN2O5. The Hall–Kier alpha value is -3.19. The number of hydrogen-bond donors (Lipinski definition) is 1. The molecule has 8 heteroatoms. The second-order valence-electron chi connectivity index (χ2n) is 6.96. The van der Waals surface area contributed by atoms with Crippen molar-refractivity contribution in [2.75, 3.05) is 0 Å². The summed E-state index contributed by atoms with van der Waals surface area (Å²) >= 11 is 5.83. The van der Waals surface area contributed by atoms with Gasteiger partial charge in [0.05, 0.1) is 12.1 Å². The molecule has 1 heterocycles. The molecule has 1 fully saturated rings. The van der Waals surface area contributed by atoms with E-state index in [0.29, 0.717) is 11.6 Å². The number of carbonyl (C=O) groups is 4. The summed E-state index contributed by atoms with van der Waals surface area (Å²) in [6.07, 6.45) is -0.494. The SMILES string of the molecule is C[C@@H](OC(=O)c1ccc(CN2C(=O)CCC2=O)cc1)C(=O)NCc1ccc(Cl)cc1. The third kappa shape index (κ3) is 5.45. The van der Waals surface area contributed by atoms with Crippen LogP contribution < -0.4 is 5.32 Å². The molecule has 1 saturated heterocycles. The molecule has 0 radical (unpaired) electrons. The Balaban J connectivity index is 1.50. The molecule has 0 aromatic heterocycles. The van der Waals surface area contributed by atoms with Gasteiger partial charge in [-0.05, 0) is 42.3 Å². The first-order valence-corrected chi connectivity index (χ1v) is 9.86. The molecule has 30 heavy (non-hydrogen) atoms. The minimum absolute atomic E-state index is 0.177. The van der Waals surface area contributed by atoms with Crippen molar-refractivity contribution in [1.29, 1.82) is 0 Å². The van der Waals surface area contributed by atoms with Crippen LogP contribution in [0.15, 0.2) is 48.5 Å². The number of ether oxygens (including phenoxy) is 1. The number of halogens is 1. The number of benzene rings is 2. The third-order valence-electron chi connectivity index (χ3n) is 4.72. The van der Waals surface area contributed by atoms with Crippen molar-refractivity contribution >= 4 is 35.3 Å². The van der Waals surface area contributed by atoms with Gasteiger partial charge in [-0.25, -0.2) is 4.79 Å². The largest absolute Gasteiger partial charge is 0.449 e. The van der Waals surface area contributed by atoms with Crippen LogP contribution in [0.3, 0.4) is 0 Å². The predicted octanol–water partition coefficient (Wildman–Crippen LogP) is 2.85. The molecule has 1 N–H and O–H groups in total. The van der Waals surface area contributed by atoms with Gasteiger partial charge < -0.3 is 10.1 Å². The van der Waals surface area contributed by atoms with Gasteiger partial charge in [-0.3, -0.25) is 19.3 Å². The van der Waals surface area contributed by atoms with Gasteiger partial charge in [-0.15, -0.1) is 0 Å². The fourth-order valence-corrected chi connectivity index (χ4v) is 3.07. The number of nitrogens with zero attached hydrogens (tertiary/aromatic N) is 1. The molecule has 2 aromatic rings. The highest BCUT2D eigenvalue weighted by molar-refractivity contribution is 6.30. The molecule has 0 aliphatic carbocycles. The average molecular weight is 429 g/mol. The highest BCUT2D eigenvalue weighted by Gasteiger charge is 2.28. The molecule has 0 unspecified atom stereocenters. The second-order valence-corrected chi connectivity index (χ2v) is 7.40. The molecule has 0 saturated carbocycles. The molecule has 0 spiro atoms. The monoisotopic (exact) mass is 428 g/mol. The van der Waals surface area contributed by atoms with E-state index in [1.54, 1.807) is 48.5 Å². The summed E-state index contributed by atoms with van der Waals surface area (Å²) in [4.78, 5) is 49.1. The van der Waals surface area contributed by atoms with Crippen LogP contribution in [0, 0.1) is 0 Å². The van der Waals surface area contributed by atoms with Crippen molar-refractivity contribution in [3.8, 4) is 0 Å². The Morgan fingerprint density at radius 1 is 1.00 bits per heavy atom. The summed E-state index contributed by atoms with van der Waals surface area (Å²) in [5.74, 6) is -1.44. The summed E-state index contributed by atoms with van der Waals surface area (Å²) in [7, 11) is 0. The molecule has 1 aliphatic heterocycles. The summed E-state index contributed by atoms with van der Waals surface area (Å²) < 4.78 is 5.22. The Morgan fingerprint density at radius 2 is 1.57 bits per heavy atom. The van der Waals surface area contributed by atoms with Crippen molar-refractivity contribution < 1.29 is 23.9 Å². The number of hydrogen-bond acceptors (Lipinski definition) is 5. The van der Waals surface area contributed by atoms with Crippen molar-refractivity contribution in [1.82, 2.24) is 10.2 Å². The Labute approximate surface area is 179 Å². The lowest BCUT2D eigenvalue weighted by Gasteiger charge is -2.15. The number of carbonyl (C=O) groups excluding carboxylic acids is 4. The number of amides is 3. The quantitative estimate of drug-likeness (QED) is 0.540. The number of esters is 1. The van der Waals surface area contributed by atoms with Crippen LogP contribution in [-0.2, 0) is 32.2 Å². The average Bonchev–Trinajstić information content (AvgIpc) is 3.05. The maximum absolute atomic E-state index is 12.3. The van der Waals surface area contributed by atoms with E-state index in [1.165, 1.54) is 11.8 Å². The van der Waals surface area contributed by atoms with Crippen molar-refractivity contribution in [2.45, 2.75) is 39.0 Å². The van der Waals surface area contributed by atoms with Crippen LogP contribution in [0.1, 0.15) is 41.3 Å². The number of rotatable bonds is 7.